The predicted molar refractivity (Wildman–Crippen MR) is 187 cm³/mol. The second-order valence-electron chi connectivity index (χ2n) is 10.6. The van der Waals surface area contributed by atoms with Crippen LogP contribution in [0.25, 0.3) is 84.0 Å². The minimum Gasteiger partial charge on any atom is -0.244 e. The van der Waals surface area contributed by atoms with E-state index in [1.165, 1.54) is 61.9 Å². The largest absolute Gasteiger partial charge is 0.244 e. The van der Waals surface area contributed by atoms with Gasteiger partial charge < -0.3 is 0 Å². The molecule has 0 bridgehead atoms. The van der Waals surface area contributed by atoms with Crippen LogP contribution in [0.3, 0.4) is 0 Å². The van der Waals surface area contributed by atoms with Crippen molar-refractivity contribution in [3.63, 3.8) is 0 Å². The smallest absolute Gasteiger partial charge is 0.108 e. The van der Waals surface area contributed by atoms with Crippen LogP contribution in [0.4, 0.5) is 0 Å². The van der Waals surface area contributed by atoms with Gasteiger partial charge >= 0.3 is 0 Å². The molecule has 0 saturated heterocycles. The van der Waals surface area contributed by atoms with E-state index in [1.54, 1.807) is 34.0 Å². The highest BCUT2D eigenvalue weighted by atomic mass is 32.1. The van der Waals surface area contributed by atoms with E-state index in [-0.39, 0.29) is 0 Å². The van der Waals surface area contributed by atoms with Crippen LogP contribution in [0.15, 0.2) is 133 Å². The van der Waals surface area contributed by atoms with Gasteiger partial charge in [0.05, 0.1) is 29.8 Å². The van der Waals surface area contributed by atoms with Crippen molar-refractivity contribution in [1.29, 1.82) is 0 Å². The van der Waals surface area contributed by atoms with E-state index in [0.717, 1.165) is 22.1 Å². The molecule has 0 unspecified atom stereocenters. The van der Waals surface area contributed by atoms with Gasteiger partial charge in [0, 0.05) is 9.75 Å². The second-order valence-corrected chi connectivity index (χ2v) is 13.9. The lowest BCUT2D eigenvalue weighted by Gasteiger charge is -2.02. The summed E-state index contributed by atoms with van der Waals surface area (Å²) in [7, 11) is 0. The zero-order valence-electron chi connectivity index (χ0n) is 22.8. The quantitative estimate of drug-likeness (QED) is 0.200. The summed E-state index contributed by atoms with van der Waals surface area (Å²) >= 11 is 5.40. The molecular formula is C38H22N2S3. The summed E-state index contributed by atoms with van der Waals surface area (Å²) in [5.41, 5.74) is 11.4. The molecule has 43 heavy (non-hydrogen) atoms. The first kappa shape index (κ1) is 24.9. The first-order valence-electron chi connectivity index (χ1n) is 14.1. The normalized spacial score (nSPS) is 11.7. The molecule has 0 saturated carbocycles. The van der Waals surface area contributed by atoms with Crippen molar-refractivity contribution < 1.29 is 0 Å². The van der Waals surface area contributed by atoms with Gasteiger partial charge in [-0.1, -0.05) is 109 Å². The summed E-state index contributed by atoms with van der Waals surface area (Å²) < 4.78 is 4.81. The molecule has 0 atom stereocenters. The Labute approximate surface area is 260 Å². The Kier molecular flexibility index (Phi) is 5.76. The van der Waals surface area contributed by atoms with Gasteiger partial charge in [0.25, 0.3) is 0 Å². The number of fused-ring (bicyclic) bond motifs is 5. The molecule has 5 aromatic heterocycles. The SMILES string of the molecule is c1ccc(-c2ccc(-c3cc4nc5c(cc4s3)sc3cc4sc(-c6ccc(-c7ccccc7)cc6)cc4nc35)cc2)cc1. The standard InChI is InChI=1S/C38H22N2S3/c1-3-7-23(8-4-1)25-11-15-27(16-12-25)31-19-29-33(41-31)21-35-37(39-29)38-36(43-35)22-34-30(40-38)20-32(42-34)28-17-13-26(14-18-28)24-9-5-2-6-10-24/h1-22H. The Hall–Kier alpha value is -4.68. The lowest BCUT2D eigenvalue weighted by molar-refractivity contribution is 1.50. The monoisotopic (exact) mass is 602 g/mol. The van der Waals surface area contributed by atoms with Crippen molar-refractivity contribution in [2.75, 3.05) is 0 Å². The van der Waals surface area contributed by atoms with Gasteiger partial charge in [-0.3, -0.25) is 0 Å². The molecule has 202 valence electrons. The summed E-state index contributed by atoms with van der Waals surface area (Å²) in [5.74, 6) is 0. The third-order valence-electron chi connectivity index (χ3n) is 7.93. The van der Waals surface area contributed by atoms with E-state index in [4.69, 9.17) is 9.97 Å². The molecule has 9 aromatic rings. The number of rotatable bonds is 4. The molecule has 0 fully saturated rings. The molecule has 5 heterocycles. The Morgan fingerprint density at radius 3 is 1.12 bits per heavy atom. The highest BCUT2D eigenvalue weighted by Crippen LogP contribution is 2.42. The molecule has 0 aliphatic carbocycles. The van der Waals surface area contributed by atoms with Crippen LogP contribution in [-0.2, 0) is 0 Å². The molecule has 9 rings (SSSR count). The van der Waals surface area contributed by atoms with E-state index in [1.807, 2.05) is 0 Å². The van der Waals surface area contributed by atoms with Crippen molar-refractivity contribution in [2.45, 2.75) is 0 Å². The molecule has 4 aromatic carbocycles. The lowest BCUT2D eigenvalue weighted by Crippen LogP contribution is -1.79. The number of benzene rings is 4. The summed E-state index contributed by atoms with van der Waals surface area (Å²) in [5, 5.41) is 0. The van der Waals surface area contributed by atoms with Crippen molar-refractivity contribution in [3.05, 3.63) is 133 Å². The topological polar surface area (TPSA) is 25.8 Å². The van der Waals surface area contributed by atoms with Gasteiger partial charge in [-0.15, -0.1) is 34.0 Å². The zero-order chi connectivity index (χ0) is 28.3. The van der Waals surface area contributed by atoms with E-state index in [0.29, 0.717) is 0 Å². The van der Waals surface area contributed by atoms with Gasteiger partial charge in [0.1, 0.15) is 11.0 Å². The van der Waals surface area contributed by atoms with E-state index < -0.39 is 0 Å². The average molecular weight is 603 g/mol. The molecule has 0 aliphatic heterocycles. The van der Waals surface area contributed by atoms with E-state index in [2.05, 4.69) is 133 Å². The van der Waals surface area contributed by atoms with Crippen LogP contribution in [0.5, 0.6) is 0 Å². The fraction of sp³-hybridized carbons (Fsp3) is 0. The minimum absolute atomic E-state index is 0.998. The molecule has 0 spiro atoms. The number of nitrogens with zero attached hydrogens (tertiary/aromatic N) is 2. The van der Waals surface area contributed by atoms with Crippen LogP contribution < -0.4 is 0 Å². The number of aromatic nitrogens is 2. The maximum absolute atomic E-state index is 5.15. The third kappa shape index (κ3) is 4.36. The maximum atomic E-state index is 5.15. The molecule has 0 N–H and O–H groups in total. The third-order valence-corrected chi connectivity index (χ3v) is 11.2. The Morgan fingerprint density at radius 1 is 0.326 bits per heavy atom. The van der Waals surface area contributed by atoms with Crippen molar-refractivity contribution in [1.82, 2.24) is 9.97 Å². The average Bonchev–Trinajstić information content (AvgIpc) is 3.78. The number of thiophene rings is 3. The minimum atomic E-state index is 0.998. The Morgan fingerprint density at radius 2 is 0.698 bits per heavy atom. The number of hydrogen-bond acceptors (Lipinski definition) is 5. The van der Waals surface area contributed by atoms with Crippen LogP contribution >= 0.6 is 34.0 Å². The zero-order valence-corrected chi connectivity index (χ0v) is 25.3. The summed E-state index contributed by atoms with van der Waals surface area (Å²) in [6, 6.07) is 47.8. The maximum Gasteiger partial charge on any atom is 0.108 e. The van der Waals surface area contributed by atoms with Gasteiger partial charge in [0.15, 0.2) is 0 Å². The highest BCUT2D eigenvalue weighted by molar-refractivity contribution is 7.27. The van der Waals surface area contributed by atoms with Crippen LogP contribution in [0.1, 0.15) is 0 Å². The lowest BCUT2D eigenvalue weighted by atomic mass is 10.0. The number of pyridine rings is 2. The summed E-state index contributed by atoms with van der Waals surface area (Å²) in [4.78, 5) is 12.8. The van der Waals surface area contributed by atoms with Crippen LogP contribution in [0, 0.1) is 0 Å². The summed E-state index contributed by atoms with van der Waals surface area (Å²) in [6.07, 6.45) is 0. The molecule has 5 heteroatoms. The fourth-order valence-electron chi connectivity index (χ4n) is 5.71. The second kappa shape index (κ2) is 9.96. The van der Waals surface area contributed by atoms with Gasteiger partial charge in [0.2, 0.25) is 0 Å². The van der Waals surface area contributed by atoms with Crippen LogP contribution in [0.2, 0.25) is 0 Å². The molecule has 0 aliphatic rings. The fourth-order valence-corrected chi connectivity index (χ4v) is 9.02. The molecule has 0 radical (unpaired) electrons. The van der Waals surface area contributed by atoms with Gasteiger partial charge in [-0.25, -0.2) is 9.97 Å². The first-order chi connectivity index (χ1) is 21.2. The number of hydrogen-bond donors (Lipinski definition) is 0. The van der Waals surface area contributed by atoms with Crippen LogP contribution in [-0.4, -0.2) is 9.97 Å². The first-order valence-corrected chi connectivity index (χ1v) is 16.6. The van der Waals surface area contributed by atoms with Gasteiger partial charge in [-0.05, 0) is 57.6 Å². The van der Waals surface area contributed by atoms with Gasteiger partial charge in [-0.2, -0.15) is 0 Å². The van der Waals surface area contributed by atoms with Crippen molar-refractivity contribution in [2.24, 2.45) is 0 Å². The summed E-state index contributed by atoms with van der Waals surface area (Å²) in [6.45, 7) is 0. The molecule has 2 nitrogen and oxygen atoms in total. The van der Waals surface area contributed by atoms with E-state index >= 15 is 0 Å². The van der Waals surface area contributed by atoms with Crippen molar-refractivity contribution >= 4 is 74.9 Å². The molecule has 0 amide bonds. The van der Waals surface area contributed by atoms with Crippen molar-refractivity contribution in [3.8, 4) is 43.1 Å². The predicted octanol–water partition coefficient (Wildman–Crippen LogP) is 11.9. The Bertz CT molecular complexity index is 2240. The van der Waals surface area contributed by atoms with E-state index in [9.17, 15) is 0 Å². The molecular weight excluding hydrogens is 581 g/mol. The highest BCUT2D eigenvalue weighted by Gasteiger charge is 2.15. The Balaban J connectivity index is 1.07.